The van der Waals surface area contributed by atoms with E-state index < -0.39 is 10.0 Å². The Morgan fingerprint density at radius 2 is 1.76 bits per heavy atom. The largest absolute Gasteiger partial charge is 0.495 e. The molecule has 1 amide bonds. The second-order valence-electron chi connectivity index (χ2n) is 8.38. The van der Waals surface area contributed by atoms with E-state index in [4.69, 9.17) is 4.74 Å². The van der Waals surface area contributed by atoms with Gasteiger partial charge in [-0.1, -0.05) is 26.0 Å². The maximum absolute atomic E-state index is 13.0. The lowest BCUT2D eigenvalue weighted by Crippen LogP contribution is -2.48. The van der Waals surface area contributed by atoms with E-state index in [2.05, 4.69) is 46.3 Å². The molecule has 1 aliphatic rings. The number of carbonyl (C=O) groups is 1. The van der Waals surface area contributed by atoms with E-state index in [-0.39, 0.29) is 16.6 Å². The Balaban J connectivity index is 1.56. The number of ether oxygens (including phenoxy) is 1. The number of piperazine rings is 1. The molecule has 8 nitrogen and oxygen atoms in total. The number of hydrogen-bond acceptors (Lipinski definition) is 6. The van der Waals surface area contributed by atoms with E-state index in [0.29, 0.717) is 25.2 Å². The summed E-state index contributed by atoms with van der Waals surface area (Å²) in [5, 5.41) is 2.93. The molecule has 3 rings (SSSR count). The van der Waals surface area contributed by atoms with Gasteiger partial charge in [0.05, 0.1) is 7.11 Å². The van der Waals surface area contributed by atoms with Crippen LogP contribution in [0.5, 0.6) is 5.75 Å². The number of methoxy groups -OCH3 is 1. The Hall–Kier alpha value is -2.62. The molecular formula is C25H36N4O4S. The van der Waals surface area contributed by atoms with Gasteiger partial charge < -0.3 is 15.0 Å². The molecule has 0 spiro atoms. The standard InChI is InChI=1S/C25H36N4O4S/c1-5-29(6-2)34(31,32)24-19-21(10-11-23(24)33-4)25(30)26-12-13-27-14-16-28(17-15-27)22-9-7-8-20(3)18-22/h7-11,18-19H,5-6,12-17H2,1-4H3,(H,26,30). The van der Waals surface area contributed by atoms with Gasteiger partial charge >= 0.3 is 0 Å². The smallest absolute Gasteiger partial charge is 0.251 e. The number of rotatable bonds is 10. The third kappa shape index (κ3) is 6.08. The number of nitrogens with zero attached hydrogens (tertiary/aromatic N) is 3. The Kier molecular flexibility index (Phi) is 8.93. The van der Waals surface area contributed by atoms with Crippen LogP contribution in [0.4, 0.5) is 5.69 Å². The van der Waals surface area contributed by atoms with Crippen LogP contribution in [-0.2, 0) is 10.0 Å². The van der Waals surface area contributed by atoms with Crippen LogP contribution in [0.1, 0.15) is 29.8 Å². The summed E-state index contributed by atoms with van der Waals surface area (Å²) in [5.41, 5.74) is 2.81. The van der Waals surface area contributed by atoms with E-state index in [0.717, 1.165) is 32.7 Å². The Bertz CT molecular complexity index is 1080. The van der Waals surface area contributed by atoms with Crippen molar-refractivity contribution in [3.05, 3.63) is 53.6 Å². The summed E-state index contributed by atoms with van der Waals surface area (Å²) in [5.74, 6) is -0.0630. The molecule has 1 N–H and O–H groups in total. The number of sulfonamides is 1. The molecule has 34 heavy (non-hydrogen) atoms. The Morgan fingerprint density at radius 1 is 1.06 bits per heavy atom. The number of carbonyl (C=O) groups excluding carboxylic acids is 1. The van der Waals surface area contributed by atoms with Crippen molar-refractivity contribution >= 4 is 21.6 Å². The maximum atomic E-state index is 13.0. The summed E-state index contributed by atoms with van der Waals surface area (Å²) < 4.78 is 32.7. The van der Waals surface area contributed by atoms with Crippen LogP contribution in [0.15, 0.2) is 47.4 Å². The molecule has 1 aliphatic heterocycles. The van der Waals surface area contributed by atoms with Gasteiger partial charge in [0, 0.05) is 63.6 Å². The zero-order valence-corrected chi connectivity index (χ0v) is 21.4. The zero-order valence-electron chi connectivity index (χ0n) is 20.6. The first-order valence-corrected chi connectivity index (χ1v) is 13.2. The molecular weight excluding hydrogens is 452 g/mol. The quantitative estimate of drug-likeness (QED) is 0.554. The first-order valence-electron chi connectivity index (χ1n) is 11.8. The van der Waals surface area contributed by atoms with Crippen LogP contribution in [0.25, 0.3) is 0 Å². The predicted molar refractivity (Wildman–Crippen MR) is 135 cm³/mol. The number of aryl methyl sites for hydroxylation is 1. The minimum absolute atomic E-state index is 0.0126. The minimum atomic E-state index is -3.75. The molecule has 0 unspecified atom stereocenters. The molecule has 0 atom stereocenters. The first-order chi connectivity index (χ1) is 16.3. The van der Waals surface area contributed by atoms with E-state index in [1.54, 1.807) is 19.9 Å². The molecule has 1 fully saturated rings. The van der Waals surface area contributed by atoms with Gasteiger partial charge in [0.25, 0.3) is 5.91 Å². The molecule has 0 saturated carbocycles. The van der Waals surface area contributed by atoms with Crippen LogP contribution in [0, 0.1) is 6.92 Å². The van der Waals surface area contributed by atoms with Gasteiger partial charge in [0.15, 0.2) is 0 Å². The van der Waals surface area contributed by atoms with Gasteiger partial charge in [-0.05, 0) is 42.8 Å². The number of hydrogen-bond donors (Lipinski definition) is 1. The van der Waals surface area contributed by atoms with E-state index in [1.165, 1.54) is 34.8 Å². The Labute approximate surface area is 203 Å². The van der Waals surface area contributed by atoms with Crippen LogP contribution in [0.3, 0.4) is 0 Å². The van der Waals surface area contributed by atoms with Crippen molar-refractivity contribution in [2.45, 2.75) is 25.7 Å². The average Bonchev–Trinajstić information content (AvgIpc) is 2.84. The average molecular weight is 489 g/mol. The van der Waals surface area contributed by atoms with Gasteiger partial charge in [0.2, 0.25) is 10.0 Å². The molecule has 2 aromatic rings. The molecule has 1 saturated heterocycles. The first kappa shape index (κ1) is 26.0. The lowest BCUT2D eigenvalue weighted by molar-refractivity contribution is 0.0947. The van der Waals surface area contributed by atoms with Crippen LogP contribution in [0.2, 0.25) is 0 Å². The predicted octanol–water partition coefficient (Wildman–Crippen LogP) is 2.59. The van der Waals surface area contributed by atoms with Crippen molar-refractivity contribution in [2.24, 2.45) is 0 Å². The van der Waals surface area contributed by atoms with Crippen molar-refractivity contribution in [1.29, 1.82) is 0 Å². The molecule has 0 aromatic heterocycles. The van der Waals surface area contributed by atoms with Gasteiger partial charge in [-0.25, -0.2) is 8.42 Å². The monoisotopic (exact) mass is 488 g/mol. The number of benzene rings is 2. The van der Waals surface area contributed by atoms with Gasteiger partial charge in [0.1, 0.15) is 10.6 Å². The normalized spacial score (nSPS) is 14.9. The second-order valence-corrected chi connectivity index (χ2v) is 10.3. The van der Waals surface area contributed by atoms with Gasteiger partial charge in [-0.3, -0.25) is 9.69 Å². The van der Waals surface area contributed by atoms with Gasteiger partial charge in [-0.2, -0.15) is 4.31 Å². The van der Waals surface area contributed by atoms with Crippen molar-refractivity contribution in [3.8, 4) is 5.75 Å². The second kappa shape index (κ2) is 11.7. The van der Waals surface area contributed by atoms with Crippen molar-refractivity contribution in [3.63, 3.8) is 0 Å². The van der Waals surface area contributed by atoms with Crippen molar-refractivity contribution in [1.82, 2.24) is 14.5 Å². The Morgan fingerprint density at radius 3 is 2.38 bits per heavy atom. The molecule has 0 bridgehead atoms. The third-order valence-electron chi connectivity index (χ3n) is 6.20. The molecule has 2 aromatic carbocycles. The van der Waals surface area contributed by atoms with Crippen LogP contribution < -0.4 is 15.0 Å². The number of anilines is 1. The topological polar surface area (TPSA) is 82.2 Å². The minimum Gasteiger partial charge on any atom is -0.495 e. The summed E-state index contributed by atoms with van der Waals surface area (Å²) in [7, 11) is -2.33. The van der Waals surface area contributed by atoms with E-state index in [1.807, 2.05) is 0 Å². The lowest BCUT2D eigenvalue weighted by atomic mass is 10.2. The zero-order chi connectivity index (χ0) is 24.7. The fourth-order valence-electron chi connectivity index (χ4n) is 4.21. The lowest BCUT2D eigenvalue weighted by Gasteiger charge is -2.36. The molecule has 186 valence electrons. The van der Waals surface area contributed by atoms with Crippen molar-refractivity contribution < 1.29 is 17.9 Å². The summed E-state index contributed by atoms with van der Waals surface area (Å²) >= 11 is 0. The van der Waals surface area contributed by atoms with Crippen molar-refractivity contribution in [2.75, 3.05) is 64.4 Å². The highest BCUT2D eigenvalue weighted by molar-refractivity contribution is 7.89. The molecule has 1 heterocycles. The van der Waals surface area contributed by atoms with Crippen LogP contribution >= 0.6 is 0 Å². The number of nitrogens with one attached hydrogen (secondary N) is 1. The van der Waals surface area contributed by atoms with Crippen LogP contribution in [-0.4, -0.2) is 83.0 Å². The SMILES string of the molecule is CCN(CC)S(=O)(=O)c1cc(C(=O)NCCN2CCN(c3cccc(C)c3)CC2)ccc1OC. The number of amides is 1. The highest BCUT2D eigenvalue weighted by Gasteiger charge is 2.27. The summed E-state index contributed by atoms with van der Waals surface area (Å²) in [4.78, 5) is 17.5. The van der Waals surface area contributed by atoms with Gasteiger partial charge in [-0.15, -0.1) is 0 Å². The van der Waals surface area contributed by atoms with E-state index >= 15 is 0 Å². The molecule has 0 aliphatic carbocycles. The summed E-state index contributed by atoms with van der Waals surface area (Å²) in [6.45, 7) is 11.3. The third-order valence-corrected chi connectivity index (χ3v) is 8.27. The fraction of sp³-hybridized carbons (Fsp3) is 0.480. The molecule has 0 radical (unpaired) electrons. The maximum Gasteiger partial charge on any atom is 0.251 e. The molecule has 9 heteroatoms. The fourth-order valence-corrected chi connectivity index (χ4v) is 5.85. The highest BCUT2D eigenvalue weighted by atomic mass is 32.2. The van der Waals surface area contributed by atoms with E-state index in [9.17, 15) is 13.2 Å². The summed E-state index contributed by atoms with van der Waals surface area (Å²) in [6.07, 6.45) is 0. The highest BCUT2D eigenvalue weighted by Crippen LogP contribution is 2.28. The summed E-state index contributed by atoms with van der Waals surface area (Å²) in [6, 6.07) is 13.1.